The molecule has 1 aromatic rings. The van der Waals surface area contributed by atoms with Crippen molar-refractivity contribution in [1.29, 1.82) is 0 Å². The number of benzene rings is 1. The van der Waals surface area contributed by atoms with E-state index in [0.717, 1.165) is 50.3 Å². The second kappa shape index (κ2) is 4.56. The third-order valence-corrected chi connectivity index (χ3v) is 4.43. The molecule has 3 heteroatoms. The van der Waals surface area contributed by atoms with Crippen LogP contribution in [0.25, 0.3) is 0 Å². The van der Waals surface area contributed by atoms with Crippen LogP contribution in [-0.2, 0) is 12.0 Å². The van der Waals surface area contributed by atoms with Crippen LogP contribution in [-0.4, -0.2) is 24.8 Å². The van der Waals surface area contributed by atoms with E-state index in [4.69, 9.17) is 4.74 Å². The van der Waals surface area contributed by atoms with Crippen molar-refractivity contribution in [3.8, 4) is 5.75 Å². The van der Waals surface area contributed by atoms with Gasteiger partial charge in [0.05, 0.1) is 12.2 Å². The maximum atomic E-state index is 11.1. The summed E-state index contributed by atoms with van der Waals surface area (Å²) in [5, 5.41) is 14.4. The van der Waals surface area contributed by atoms with Crippen LogP contribution in [0.3, 0.4) is 0 Å². The van der Waals surface area contributed by atoms with Gasteiger partial charge in [-0.05, 0) is 42.6 Å². The summed E-state index contributed by atoms with van der Waals surface area (Å²) in [5.41, 5.74) is 1.65. The molecule has 3 rings (SSSR count). The van der Waals surface area contributed by atoms with Gasteiger partial charge >= 0.3 is 0 Å². The van der Waals surface area contributed by atoms with Crippen molar-refractivity contribution in [2.45, 2.75) is 31.8 Å². The molecule has 1 fully saturated rings. The average Bonchev–Trinajstić information content (AvgIpc) is 2.86. The standard InChI is InChI=1S/C15H21NO2/c1-2-12-10-16-7-6-15(12,17)13-3-4-14-11(9-13)5-8-18-14/h3-4,9,12,16-17H,2,5-8,10H2,1H3. The second-order valence-electron chi connectivity index (χ2n) is 5.40. The molecular formula is C15H21NO2. The van der Waals surface area contributed by atoms with Gasteiger partial charge in [0.2, 0.25) is 0 Å². The first-order chi connectivity index (χ1) is 8.74. The average molecular weight is 247 g/mol. The zero-order chi connectivity index (χ0) is 12.6. The molecule has 18 heavy (non-hydrogen) atoms. The molecule has 0 radical (unpaired) electrons. The quantitative estimate of drug-likeness (QED) is 0.837. The third kappa shape index (κ3) is 1.82. The fourth-order valence-electron chi connectivity index (χ4n) is 3.25. The van der Waals surface area contributed by atoms with Crippen molar-refractivity contribution in [3.05, 3.63) is 29.3 Å². The zero-order valence-electron chi connectivity index (χ0n) is 10.9. The zero-order valence-corrected chi connectivity index (χ0v) is 10.9. The lowest BCUT2D eigenvalue weighted by molar-refractivity contribution is -0.0479. The van der Waals surface area contributed by atoms with Crippen LogP contribution in [0.1, 0.15) is 30.9 Å². The third-order valence-electron chi connectivity index (χ3n) is 4.43. The Bertz CT molecular complexity index is 446. The van der Waals surface area contributed by atoms with Gasteiger partial charge in [-0.25, -0.2) is 0 Å². The number of ether oxygens (including phenoxy) is 1. The highest BCUT2D eigenvalue weighted by atomic mass is 16.5. The molecule has 2 unspecified atom stereocenters. The number of hydrogen-bond acceptors (Lipinski definition) is 3. The first-order valence-corrected chi connectivity index (χ1v) is 6.93. The van der Waals surface area contributed by atoms with Crippen molar-refractivity contribution in [1.82, 2.24) is 5.32 Å². The van der Waals surface area contributed by atoms with Crippen LogP contribution in [0.2, 0.25) is 0 Å². The highest BCUT2D eigenvalue weighted by Gasteiger charge is 2.39. The van der Waals surface area contributed by atoms with Gasteiger partial charge in [-0.2, -0.15) is 0 Å². The summed E-state index contributed by atoms with van der Waals surface area (Å²) in [5.74, 6) is 1.29. The van der Waals surface area contributed by atoms with E-state index in [1.807, 2.05) is 12.1 Å². The SMILES string of the molecule is CCC1CNCCC1(O)c1ccc2c(c1)CCO2. The van der Waals surface area contributed by atoms with Crippen LogP contribution in [0, 0.1) is 5.92 Å². The molecule has 0 aliphatic carbocycles. The number of fused-ring (bicyclic) bond motifs is 1. The predicted octanol–water partition coefficient (Wildman–Crippen LogP) is 1.83. The van der Waals surface area contributed by atoms with Gasteiger partial charge < -0.3 is 15.2 Å². The summed E-state index contributed by atoms with van der Waals surface area (Å²) in [6, 6.07) is 6.21. The lowest BCUT2D eigenvalue weighted by Gasteiger charge is -2.40. The largest absolute Gasteiger partial charge is 0.493 e. The maximum absolute atomic E-state index is 11.1. The molecule has 3 nitrogen and oxygen atoms in total. The van der Waals surface area contributed by atoms with Crippen molar-refractivity contribution < 1.29 is 9.84 Å². The molecule has 98 valence electrons. The number of aliphatic hydroxyl groups is 1. The normalized spacial score (nSPS) is 30.9. The minimum absolute atomic E-state index is 0.298. The van der Waals surface area contributed by atoms with E-state index in [0.29, 0.717) is 5.92 Å². The van der Waals surface area contributed by atoms with E-state index < -0.39 is 5.60 Å². The first-order valence-electron chi connectivity index (χ1n) is 6.93. The monoisotopic (exact) mass is 247 g/mol. The molecule has 2 aliphatic rings. The van der Waals surface area contributed by atoms with Crippen molar-refractivity contribution in [2.24, 2.45) is 5.92 Å². The summed E-state index contributed by atoms with van der Waals surface area (Å²) in [7, 11) is 0. The molecule has 0 aromatic heterocycles. The topological polar surface area (TPSA) is 41.5 Å². The van der Waals surface area contributed by atoms with Gasteiger partial charge in [0, 0.05) is 18.9 Å². The highest BCUT2D eigenvalue weighted by molar-refractivity contribution is 5.42. The molecule has 2 aliphatic heterocycles. The fraction of sp³-hybridized carbons (Fsp3) is 0.600. The molecule has 0 bridgehead atoms. The Morgan fingerprint density at radius 1 is 1.50 bits per heavy atom. The van der Waals surface area contributed by atoms with E-state index in [1.165, 1.54) is 5.56 Å². The van der Waals surface area contributed by atoms with E-state index >= 15 is 0 Å². The molecule has 0 saturated carbocycles. The molecule has 0 spiro atoms. The smallest absolute Gasteiger partial charge is 0.122 e. The van der Waals surface area contributed by atoms with Gasteiger partial charge in [-0.1, -0.05) is 13.0 Å². The minimum Gasteiger partial charge on any atom is -0.493 e. The molecule has 1 saturated heterocycles. The number of rotatable bonds is 2. The molecule has 1 aromatic carbocycles. The number of piperidine rings is 1. The van der Waals surface area contributed by atoms with Crippen LogP contribution < -0.4 is 10.1 Å². The lowest BCUT2D eigenvalue weighted by atomic mass is 9.75. The van der Waals surface area contributed by atoms with Crippen LogP contribution >= 0.6 is 0 Å². The highest BCUT2D eigenvalue weighted by Crippen LogP contribution is 2.39. The second-order valence-corrected chi connectivity index (χ2v) is 5.40. The van der Waals surface area contributed by atoms with Gasteiger partial charge in [0.15, 0.2) is 0 Å². The van der Waals surface area contributed by atoms with E-state index in [2.05, 4.69) is 18.3 Å². The Kier molecular flexibility index (Phi) is 3.04. The Hall–Kier alpha value is -1.06. The Balaban J connectivity index is 1.96. The minimum atomic E-state index is -0.669. The summed E-state index contributed by atoms with van der Waals surface area (Å²) in [4.78, 5) is 0. The van der Waals surface area contributed by atoms with Crippen LogP contribution in [0.15, 0.2) is 18.2 Å². The maximum Gasteiger partial charge on any atom is 0.122 e. The van der Waals surface area contributed by atoms with Gasteiger partial charge in [-0.15, -0.1) is 0 Å². The number of nitrogens with one attached hydrogen (secondary N) is 1. The van der Waals surface area contributed by atoms with Crippen molar-refractivity contribution >= 4 is 0 Å². The van der Waals surface area contributed by atoms with Gasteiger partial charge in [-0.3, -0.25) is 0 Å². The summed E-state index contributed by atoms with van der Waals surface area (Å²) < 4.78 is 5.53. The number of hydrogen-bond donors (Lipinski definition) is 2. The van der Waals surface area contributed by atoms with E-state index in [1.54, 1.807) is 0 Å². The van der Waals surface area contributed by atoms with Crippen LogP contribution in [0.5, 0.6) is 5.75 Å². The summed E-state index contributed by atoms with van der Waals surface area (Å²) in [6.45, 7) is 4.72. The molecule has 0 amide bonds. The molecule has 2 N–H and O–H groups in total. The van der Waals surface area contributed by atoms with Crippen molar-refractivity contribution in [2.75, 3.05) is 19.7 Å². The Labute approximate surface area is 108 Å². The molecular weight excluding hydrogens is 226 g/mol. The van der Waals surface area contributed by atoms with E-state index in [9.17, 15) is 5.11 Å². The molecule has 2 heterocycles. The Morgan fingerprint density at radius 3 is 3.22 bits per heavy atom. The van der Waals surface area contributed by atoms with Crippen LogP contribution in [0.4, 0.5) is 0 Å². The predicted molar refractivity (Wildman–Crippen MR) is 70.8 cm³/mol. The van der Waals surface area contributed by atoms with E-state index in [-0.39, 0.29) is 0 Å². The fourth-order valence-corrected chi connectivity index (χ4v) is 3.25. The van der Waals surface area contributed by atoms with Crippen molar-refractivity contribution in [3.63, 3.8) is 0 Å². The molecule has 2 atom stereocenters. The lowest BCUT2D eigenvalue weighted by Crippen LogP contribution is -2.47. The Morgan fingerprint density at radius 2 is 2.39 bits per heavy atom. The van der Waals surface area contributed by atoms with Gasteiger partial charge in [0.25, 0.3) is 0 Å². The summed E-state index contributed by atoms with van der Waals surface area (Å²) >= 11 is 0. The van der Waals surface area contributed by atoms with Gasteiger partial charge in [0.1, 0.15) is 5.75 Å². The first kappa shape index (κ1) is 12.0. The summed E-state index contributed by atoms with van der Waals surface area (Å²) in [6.07, 6.45) is 2.76.